The van der Waals surface area contributed by atoms with Crippen molar-refractivity contribution in [1.29, 1.82) is 5.26 Å². The molecule has 1 heterocycles. The fourth-order valence-electron chi connectivity index (χ4n) is 2.46. The van der Waals surface area contributed by atoms with Crippen molar-refractivity contribution in [3.8, 4) is 11.8 Å². The lowest BCUT2D eigenvalue weighted by Crippen LogP contribution is -2.59. The first-order chi connectivity index (χ1) is 10.1. The summed E-state index contributed by atoms with van der Waals surface area (Å²) in [6.45, 7) is 9.09. The van der Waals surface area contributed by atoms with Gasteiger partial charge in [-0.1, -0.05) is 20.8 Å². The van der Waals surface area contributed by atoms with Gasteiger partial charge in [0.05, 0.1) is 17.7 Å². The van der Waals surface area contributed by atoms with E-state index in [0.29, 0.717) is 16.9 Å². The maximum Gasteiger partial charge on any atom is 0.225 e. The predicted octanol–water partition coefficient (Wildman–Crippen LogP) is 2.29. The van der Waals surface area contributed by atoms with Crippen LogP contribution in [0.2, 0.25) is 0 Å². The van der Waals surface area contributed by atoms with Crippen LogP contribution in [0.4, 0.5) is 0 Å². The van der Waals surface area contributed by atoms with E-state index in [1.165, 1.54) is 0 Å². The van der Waals surface area contributed by atoms with Crippen molar-refractivity contribution in [3.63, 3.8) is 0 Å². The average molecular weight is 302 g/mol. The zero-order valence-corrected chi connectivity index (χ0v) is 13.6. The second kappa shape index (κ2) is 5.29. The number of hydrogen-bond acceptors (Lipinski definition) is 4. The lowest BCUT2D eigenvalue weighted by atomic mass is 9.84. The molecule has 0 fully saturated rings. The van der Waals surface area contributed by atoms with Crippen molar-refractivity contribution in [3.05, 3.63) is 29.3 Å². The third-order valence-corrected chi connectivity index (χ3v) is 3.86. The van der Waals surface area contributed by atoms with Crippen molar-refractivity contribution in [2.45, 2.75) is 52.4 Å². The van der Waals surface area contributed by atoms with Crippen molar-refractivity contribution in [2.75, 3.05) is 0 Å². The van der Waals surface area contributed by atoms with Crippen LogP contribution >= 0.6 is 0 Å². The van der Waals surface area contributed by atoms with Crippen molar-refractivity contribution < 1.29 is 14.6 Å². The number of amides is 1. The van der Waals surface area contributed by atoms with E-state index in [2.05, 4.69) is 5.32 Å². The number of carbonyl (C=O) groups is 1. The Morgan fingerprint density at radius 2 is 2.05 bits per heavy atom. The fraction of sp³-hybridized carbons (Fsp3) is 0.529. The van der Waals surface area contributed by atoms with Crippen LogP contribution in [0.1, 0.15) is 51.8 Å². The third kappa shape index (κ3) is 2.93. The summed E-state index contributed by atoms with van der Waals surface area (Å²) in [6.07, 6.45) is -0.932. The van der Waals surface area contributed by atoms with Crippen molar-refractivity contribution in [1.82, 2.24) is 5.32 Å². The molecule has 2 rings (SSSR count). The van der Waals surface area contributed by atoms with Crippen LogP contribution in [0.15, 0.2) is 18.2 Å². The van der Waals surface area contributed by atoms with E-state index in [9.17, 15) is 9.90 Å². The molecule has 1 aromatic rings. The molecule has 0 radical (unpaired) electrons. The minimum absolute atomic E-state index is 0.159. The number of fused-ring (bicyclic) bond motifs is 1. The Kier molecular flexibility index (Phi) is 3.92. The summed E-state index contributed by atoms with van der Waals surface area (Å²) in [7, 11) is 0. The number of nitriles is 1. The molecule has 5 heteroatoms. The van der Waals surface area contributed by atoms with Gasteiger partial charge in [0.25, 0.3) is 0 Å². The van der Waals surface area contributed by atoms with E-state index < -0.39 is 23.2 Å². The van der Waals surface area contributed by atoms with Crippen LogP contribution in [0.5, 0.6) is 5.75 Å². The normalized spacial score (nSPS) is 23.0. The monoisotopic (exact) mass is 302 g/mol. The predicted molar refractivity (Wildman–Crippen MR) is 82.2 cm³/mol. The Morgan fingerprint density at radius 1 is 1.41 bits per heavy atom. The lowest BCUT2D eigenvalue weighted by Gasteiger charge is -2.44. The molecule has 0 spiro atoms. The number of ether oxygens (including phenoxy) is 1. The molecule has 1 amide bonds. The Balaban J connectivity index is 2.39. The molecule has 0 saturated heterocycles. The smallest absolute Gasteiger partial charge is 0.225 e. The first kappa shape index (κ1) is 16.3. The summed E-state index contributed by atoms with van der Waals surface area (Å²) in [4.78, 5) is 12.3. The number of nitrogens with zero attached hydrogens (tertiary/aromatic N) is 1. The number of carbonyl (C=O) groups excluding carboxylic acids is 1. The molecule has 22 heavy (non-hydrogen) atoms. The minimum atomic E-state index is -0.932. The molecule has 0 saturated carbocycles. The summed E-state index contributed by atoms with van der Waals surface area (Å²) in [5, 5.41) is 22.6. The van der Waals surface area contributed by atoms with Gasteiger partial charge in [-0.2, -0.15) is 5.26 Å². The Hall–Kier alpha value is -2.06. The Labute approximate surface area is 130 Å². The summed E-state index contributed by atoms with van der Waals surface area (Å²) >= 11 is 0. The molecule has 118 valence electrons. The van der Waals surface area contributed by atoms with Crippen LogP contribution in [-0.2, 0) is 4.79 Å². The molecule has 1 aliphatic heterocycles. The average Bonchev–Trinajstić information content (AvgIpc) is 2.41. The van der Waals surface area contributed by atoms with Gasteiger partial charge in [0.1, 0.15) is 17.5 Å². The molecule has 0 aliphatic carbocycles. The van der Waals surface area contributed by atoms with Crippen LogP contribution in [0.3, 0.4) is 0 Å². The van der Waals surface area contributed by atoms with E-state index in [-0.39, 0.29) is 5.91 Å². The number of aliphatic hydroxyl groups excluding tert-OH is 1. The zero-order chi connectivity index (χ0) is 16.7. The van der Waals surface area contributed by atoms with Gasteiger partial charge < -0.3 is 15.2 Å². The van der Waals surface area contributed by atoms with Crippen molar-refractivity contribution >= 4 is 5.91 Å². The zero-order valence-electron chi connectivity index (χ0n) is 13.6. The Bertz CT molecular complexity index is 638. The molecule has 2 N–H and O–H groups in total. The quantitative estimate of drug-likeness (QED) is 0.834. The van der Waals surface area contributed by atoms with Crippen LogP contribution in [0.25, 0.3) is 0 Å². The molecular formula is C17H22N2O3. The molecule has 1 aliphatic rings. The van der Waals surface area contributed by atoms with E-state index >= 15 is 0 Å². The topological polar surface area (TPSA) is 82.4 Å². The second-order valence-corrected chi connectivity index (χ2v) is 7.22. The first-order valence-electron chi connectivity index (χ1n) is 7.28. The van der Waals surface area contributed by atoms with Crippen LogP contribution in [-0.4, -0.2) is 22.7 Å². The molecule has 5 nitrogen and oxygen atoms in total. The van der Waals surface area contributed by atoms with Crippen LogP contribution < -0.4 is 10.1 Å². The molecule has 0 aromatic heterocycles. The summed E-state index contributed by atoms with van der Waals surface area (Å²) in [5.74, 6) is 0.380. The lowest BCUT2D eigenvalue weighted by molar-refractivity contribution is -0.133. The molecular weight excluding hydrogens is 280 g/mol. The molecule has 1 aromatic carbocycles. The van der Waals surface area contributed by atoms with Gasteiger partial charge in [0.2, 0.25) is 5.91 Å². The largest absolute Gasteiger partial charge is 0.485 e. The third-order valence-electron chi connectivity index (χ3n) is 3.86. The number of nitrogens with one attached hydrogen (secondary N) is 1. The molecule has 2 atom stereocenters. The van der Waals surface area contributed by atoms with Gasteiger partial charge in [-0.15, -0.1) is 0 Å². The number of rotatable bonds is 1. The Morgan fingerprint density at radius 3 is 2.59 bits per heavy atom. The fourth-order valence-corrected chi connectivity index (χ4v) is 2.46. The maximum atomic E-state index is 12.3. The van der Waals surface area contributed by atoms with E-state index in [4.69, 9.17) is 10.00 Å². The highest BCUT2D eigenvalue weighted by molar-refractivity contribution is 5.82. The maximum absolute atomic E-state index is 12.3. The SMILES string of the molecule is CC(C)(C)C(=O)N[C@H]1C(O)c2cc(C#N)ccc2OC1(C)C. The highest BCUT2D eigenvalue weighted by Gasteiger charge is 2.45. The summed E-state index contributed by atoms with van der Waals surface area (Å²) in [6, 6.07) is 6.38. The first-order valence-corrected chi connectivity index (χ1v) is 7.28. The number of aliphatic hydroxyl groups is 1. The van der Waals surface area contributed by atoms with E-state index in [1.807, 2.05) is 40.7 Å². The summed E-state index contributed by atoms with van der Waals surface area (Å²) in [5.41, 5.74) is -0.355. The van der Waals surface area contributed by atoms with E-state index in [0.717, 1.165) is 0 Å². The van der Waals surface area contributed by atoms with Gasteiger partial charge in [0.15, 0.2) is 0 Å². The highest BCUT2D eigenvalue weighted by Crippen LogP contribution is 2.40. The molecule has 1 unspecified atom stereocenters. The van der Waals surface area contributed by atoms with Gasteiger partial charge >= 0.3 is 0 Å². The highest BCUT2D eigenvalue weighted by atomic mass is 16.5. The van der Waals surface area contributed by atoms with Gasteiger partial charge in [-0.05, 0) is 32.0 Å². The number of hydrogen-bond donors (Lipinski definition) is 2. The number of benzene rings is 1. The van der Waals surface area contributed by atoms with E-state index in [1.54, 1.807) is 18.2 Å². The van der Waals surface area contributed by atoms with Gasteiger partial charge in [0, 0.05) is 11.0 Å². The summed E-state index contributed by atoms with van der Waals surface area (Å²) < 4.78 is 5.93. The van der Waals surface area contributed by atoms with Crippen molar-refractivity contribution in [2.24, 2.45) is 5.41 Å². The standard InChI is InChI=1S/C17H22N2O3/c1-16(2,3)15(21)19-14-13(20)11-8-10(9-18)6-7-12(11)22-17(14,4)5/h6-8,13-14,20H,1-5H3,(H,19,21)/t13?,14-/m0/s1. The minimum Gasteiger partial charge on any atom is -0.485 e. The molecule has 0 bridgehead atoms. The van der Waals surface area contributed by atoms with Crippen LogP contribution in [0, 0.1) is 16.7 Å². The van der Waals surface area contributed by atoms with Gasteiger partial charge in [-0.3, -0.25) is 4.79 Å². The second-order valence-electron chi connectivity index (χ2n) is 7.22. The van der Waals surface area contributed by atoms with Gasteiger partial charge in [-0.25, -0.2) is 0 Å².